The quantitative estimate of drug-likeness (QED) is 0.863. The Hall–Kier alpha value is -1.26. The molecule has 1 aliphatic carbocycles. The zero-order valence-electron chi connectivity index (χ0n) is 11.7. The van der Waals surface area contributed by atoms with Crippen LogP contribution in [0.5, 0.6) is 0 Å². The first kappa shape index (κ1) is 16.1. The summed E-state index contributed by atoms with van der Waals surface area (Å²) in [6.45, 7) is 1.81. The highest BCUT2D eigenvalue weighted by Crippen LogP contribution is 2.44. The van der Waals surface area contributed by atoms with E-state index in [0.29, 0.717) is 22.9 Å². The summed E-state index contributed by atoms with van der Waals surface area (Å²) in [6.07, 6.45) is 1.99. The van der Waals surface area contributed by atoms with Crippen LogP contribution in [-0.4, -0.2) is 17.0 Å². The van der Waals surface area contributed by atoms with Crippen molar-refractivity contribution >= 4 is 35.1 Å². The van der Waals surface area contributed by atoms with Gasteiger partial charge < -0.3 is 10.4 Å². The Morgan fingerprint density at radius 2 is 2.05 bits per heavy atom. The highest BCUT2D eigenvalue weighted by atomic mass is 35.5. The van der Waals surface area contributed by atoms with Gasteiger partial charge in [-0.05, 0) is 37.5 Å². The van der Waals surface area contributed by atoms with Crippen molar-refractivity contribution in [2.45, 2.75) is 38.6 Å². The van der Waals surface area contributed by atoms with Gasteiger partial charge in [0.25, 0.3) is 0 Å². The Labute approximate surface area is 133 Å². The van der Waals surface area contributed by atoms with Crippen LogP contribution in [0.3, 0.4) is 0 Å². The van der Waals surface area contributed by atoms with Gasteiger partial charge in [0.2, 0.25) is 5.91 Å². The van der Waals surface area contributed by atoms with Crippen molar-refractivity contribution in [2.24, 2.45) is 5.41 Å². The van der Waals surface area contributed by atoms with Gasteiger partial charge in [0.1, 0.15) is 0 Å². The van der Waals surface area contributed by atoms with Crippen LogP contribution >= 0.6 is 23.2 Å². The average Bonchev–Trinajstić information content (AvgIpc) is 2.32. The fourth-order valence-corrected chi connectivity index (χ4v) is 3.17. The second kappa shape index (κ2) is 6.24. The molecular weight excluding hydrogens is 313 g/mol. The Kier molecular flexibility index (Phi) is 4.79. The number of benzene rings is 1. The van der Waals surface area contributed by atoms with Gasteiger partial charge in [-0.2, -0.15) is 0 Å². The predicted octanol–water partition coefficient (Wildman–Crippen LogP) is 3.82. The lowest BCUT2D eigenvalue weighted by molar-refractivity contribution is -0.157. The lowest BCUT2D eigenvalue weighted by Crippen LogP contribution is -2.43. The highest BCUT2D eigenvalue weighted by Gasteiger charge is 2.46. The summed E-state index contributed by atoms with van der Waals surface area (Å²) in [5.74, 6) is -1.16. The van der Waals surface area contributed by atoms with E-state index in [-0.39, 0.29) is 18.4 Å². The van der Waals surface area contributed by atoms with E-state index >= 15 is 0 Å². The Morgan fingerprint density at radius 3 is 2.52 bits per heavy atom. The van der Waals surface area contributed by atoms with E-state index in [0.717, 1.165) is 12.0 Å². The lowest BCUT2D eigenvalue weighted by Gasteiger charge is -2.37. The molecule has 6 heteroatoms. The number of rotatable bonds is 5. The fraction of sp³-hybridized carbons (Fsp3) is 0.467. The first-order valence-corrected chi connectivity index (χ1v) is 7.57. The molecule has 1 aliphatic rings. The van der Waals surface area contributed by atoms with Crippen LogP contribution in [0, 0.1) is 5.41 Å². The van der Waals surface area contributed by atoms with E-state index < -0.39 is 11.4 Å². The molecule has 0 spiro atoms. The van der Waals surface area contributed by atoms with E-state index in [1.54, 1.807) is 25.1 Å². The molecule has 114 valence electrons. The van der Waals surface area contributed by atoms with Crippen molar-refractivity contribution in [1.82, 2.24) is 5.32 Å². The predicted molar refractivity (Wildman–Crippen MR) is 81.6 cm³/mol. The van der Waals surface area contributed by atoms with Gasteiger partial charge in [-0.3, -0.25) is 9.59 Å². The molecular formula is C15H17Cl2NO3. The SMILES string of the molecule is CC(NC(=O)CC1(C(=O)O)CCC1)c1ccc(Cl)cc1Cl. The molecule has 2 rings (SSSR count). The Morgan fingerprint density at radius 1 is 1.38 bits per heavy atom. The van der Waals surface area contributed by atoms with Crippen LogP contribution in [0.2, 0.25) is 10.0 Å². The largest absolute Gasteiger partial charge is 0.481 e. The van der Waals surface area contributed by atoms with Gasteiger partial charge in [-0.15, -0.1) is 0 Å². The van der Waals surface area contributed by atoms with Crippen LogP contribution in [0.15, 0.2) is 18.2 Å². The number of carboxylic acid groups (broad SMARTS) is 1. The number of carbonyl (C=O) groups is 2. The van der Waals surface area contributed by atoms with Crippen LogP contribution in [-0.2, 0) is 9.59 Å². The molecule has 1 fully saturated rings. The van der Waals surface area contributed by atoms with Crippen molar-refractivity contribution < 1.29 is 14.7 Å². The zero-order valence-corrected chi connectivity index (χ0v) is 13.2. The third kappa shape index (κ3) is 3.50. The van der Waals surface area contributed by atoms with Crippen LogP contribution in [0.25, 0.3) is 0 Å². The molecule has 1 amide bonds. The Balaban J connectivity index is 2.00. The summed E-state index contributed by atoms with van der Waals surface area (Å²) >= 11 is 11.9. The second-order valence-electron chi connectivity index (χ2n) is 5.57. The number of amides is 1. The number of hydrogen-bond acceptors (Lipinski definition) is 2. The molecule has 1 saturated carbocycles. The van der Waals surface area contributed by atoms with E-state index in [9.17, 15) is 14.7 Å². The van der Waals surface area contributed by atoms with Crippen molar-refractivity contribution in [3.05, 3.63) is 33.8 Å². The smallest absolute Gasteiger partial charge is 0.310 e. The topological polar surface area (TPSA) is 66.4 Å². The first-order chi connectivity index (χ1) is 9.84. The Bertz CT molecular complexity index is 570. The van der Waals surface area contributed by atoms with Crippen molar-refractivity contribution in [2.75, 3.05) is 0 Å². The molecule has 4 nitrogen and oxygen atoms in total. The minimum atomic E-state index is -0.888. The van der Waals surface area contributed by atoms with Crippen LogP contribution < -0.4 is 5.32 Å². The summed E-state index contributed by atoms with van der Waals surface area (Å²) < 4.78 is 0. The third-order valence-electron chi connectivity index (χ3n) is 4.07. The molecule has 2 N–H and O–H groups in total. The number of hydrogen-bond donors (Lipinski definition) is 2. The molecule has 0 saturated heterocycles. The molecule has 0 radical (unpaired) electrons. The third-order valence-corrected chi connectivity index (χ3v) is 4.63. The second-order valence-corrected chi connectivity index (χ2v) is 6.41. The zero-order chi connectivity index (χ0) is 15.6. The number of carbonyl (C=O) groups excluding carboxylic acids is 1. The number of nitrogens with one attached hydrogen (secondary N) is 1. The maximum Gasteiger partial charge on any atom is 0.310 e. The standard InChI is InChI=1S/C15H17Cl2NO3/c1-9(11-4-3-10(16)7-12(11)17)18-13(19)8-15(14(20)21)5-2-6-15/h3-4,7,9H,2,5-6,8H2,1H3,(H,18,19)(H,20,21). The molecule has 0 heterocycles. The normalized spacial score (nSPS) is 17.7. The molecule has 1 atom stereocenters. The number of carboxylic acids is 1. The summed E-state index contributed by atoms with van der Waals surface area (Å²) in [5, 5.41) is 13.1. The summed E-state index contributed by atoms with van der Waals surface area (Å²) in [6, 6.07) is 4.78. The number of aliphatic carboxylic acids is 1. The van der Waals surface area contributed by atoms with Gasteiger partial charge in [0.15, 0.2) is 0 Å². The van der Waals surface area contributed by atoms with Crippen molar-refractivity contribution in [3.63, 3.8) is 0 Å². The monoisotopic (exact) mass is 329 g/mol. The van der Waals surface area contributed by atoms with E-state index in [1.165, 1.54) is 0 Å². The minimum absolute atomic E-state index is 0.0118. The summed E-state index contributed by atoms with van der Waals surface area (Å²) in [4.78, 5) is 23.3. The highest BCUT2D eigenvalue weighted by molar-refractivity contribution is 6.35. The van der Waals surface area contributed by atoms with Crippen molar-refractivity contribution in [3.8, 4) is 0 Å². The molecule has 0 bridgehead atoms. The van der Waals surface area contributed by atoms with Gasteiger partial charge in [0, 0.05) is 16.5 Å². The molecule has 1 aromatic rings. The molecule has 21 heavy (non-hydrogen) atoms. The van der Waals surface area contributed by atoms with Crippen molar-refractivity contribution in [1.29, 1.82) is 0 Å². The van der Waals surface area contributed by atoms with E-state index in [1.807, 2.05) is 0 Å². The maximum atomic E-state index is 12.1. The first-order valence-electron chi connectivity index (χ1n) is 6.82. The van der Waals surface area contributed by atoms with Gasteiger partial charge in [-0.1, -0.05) is 35.7 Å². The van der Waals surface area contributed by atoms with Crippen LogP contribution in [0.1, 0.15) is 44.2 Å². The van der Waals surface area contributed by atoms with Crippen LogP contribution in [0.4, 0.5) is 0 Å². The number of halogens is 2. The average molecular weight is 330 g/mol. The molecule has 1 aromatic carbocycles. The lowest BCUT2D eigenvalue weighted by atomic mass is 9.66. The summed E-state index contributed by atoms with van der Waals surface area (Å²) in [7, 11) is 0. The van der Waals surface area contributed by atoms with Gasteiger partial charge in [-0.25, -0.2) is 0 Å². The van der Waals surface area contributed by atoms with E-state index in [4.69, 9.17) is 23.2 Å². The fourth-order valence-electron chi connectivity index (χ4n) is 2.60. The minimum Gasteiger partial charge on any atom is -0.481 e. The molecule has 1 unspecified atom stereocenters. The van der Waals surface area contributed by atoms with Gasteiger partial charge in [0.05, 0.1) is 11.5 Å². The van der Waals surface area contributed by atoms with E-state index in [2.05, 4.69) is 5.32 Å². The molecule has 0 aliphatic heterocycles. The van der Waals surface area contributed by atoms with Gasteiger partial charge >= 0.3 is 5.97 Å². The maximum absolute atomic E-state index is 12.1. The summed E-state index contributed by atoms with van der Waals surface area (Å²) in [5.41, 5.74) is -0.125. The molecule has 0 aromatic heterocycles.